The van der Waals surface area contributed by atoms with Gasteiger partial charge in [-0.3, -0.25) is 9.59 Å². The van der Waals surface area contributed by atoms with E-state index in [9.17, 15) is 14.0 Å². The van der Waals surface area contributed by atoms with Crippen molar-refractivity contribution >= 4 is 28.9 Å². The third-order valence-electron chi connectivity index (χ3n) is 4.27. The van der Waals surface area contributed by atoms with Crippen molar-refractivity contribution in [1.29, 1.82) is 0 Å². The Labute approximate surface area is 165 Å². The number of nitrogens with one attached hydrogen (secondary N) is 2. The molecule has 1 aliphatic heterocycles. The van der Waals surface area contributed by atoms with Crippen LogP contribution in [0.1, 0.15) is 22.5 Å². The van der Waals surface area contributed by atoms with Crippen molar-refractivity contribution < 1.29 is 23.2 Å². The fraction of sp³-hybridized carbons (Fsp3) is 0.0952. The lowest BCUT2D eigenvalue weighted by Crippen LogP contribution is -2.28. The molecule has 0 aliphatic carbocycles. The second kappa shape index (κ2) is 7.97. The maximum absolute atomic E-state index is 13.3. The zero-order chi connectivity index (χ0) is 20.2. The van der Waals surface area contributed by atoms with Crippen molar-refractivity contribution in [3.8, 4) is 0 Å². The molecule has 1 unspecified atom stereocenters. The summed E-state index contributed by atoms with van der Waals surface area (Å²) < 4.78 is 18.4. The second-order valence-corrected chi connectivity index (χ2v) is 6.34. The van der Waals surface area contributed by atoms with Gasteiger partial charge in [-0.05, 0) is 48.5 Å². The fourth-order valence-corrected chi connectivity index (χ4v) is 2.82. The molecule has 2 amide bonds. The van der Waals surface area contributed by atoms with Crippen molar-refractivity contribution in [1.82, 2.24) is 0 Å². The maximum Gasteiger partial charge on any atom is 0.291 e. The minimum atomic E-state index is -0.799. The van der Waals surface area contributed by atoms with Crippen LogP contribution in [0.3, 0.4) is 0 Å². The van der Waals surface area contributed by atoms with Crippen molar-refractivity contribution in [2.75, 3.05) is 10.6 Å². The van der Waals surface area contributed by atoms with Gasteiger partial charge in [0.1, 0.15) is 5.82 Å². The number of carbonyl (C=O) groups excluding carboxylic acids is 2. The van der Waals surface area contributed by atoms with Crippen molar-refractivity contribution in [3.63, 3.8) is 0 Å². The molecule has 3 aromatic rings. The third-order valence-corrected chi connectivity index (χ3v) is 4.27. The molecule has 1 aromatic heterocycles. The van der Waals surface area contributed by atoms with Crippen molar-refractivity contribution in [3.05, 3.63) is 84.1 Å². The highest BCUT2D eigenvalue weighted by molar-refractivity contribution is 6.06. The summed E-state index contributed by atoms with van der Waals surface area (Å²) in [7, 11) is 0. The Morgan fingerprint density at radius 2 is 1.76 bits per heavy atom. The SMILES string of the molecule is O=C(Nc1ccc(NC(=O)C2CC(c3cccc(F)c3)=NO2)cc1)c1ccco1. The molecule has 0 fully saturated rings. The molecular formula is C21H16FN3O4. The monoisotopic (exact) mass is 393 g/mol. The van der Waals surface area contributed by atoms with E-state index in [4.69, 9.17) is 9.25 Å². The molecule has 0 spiro atoms. The van der Waals surface area contributed by atoms with Gasteiger partial charge >= 0.3 is 0 Å². The molecule has 29 heavy (non-hydrogen) atoms. The minimum Gasteiger partial charge on any atom is -0.459 e. The highest BCUT2D eigenvalue weighted by Crippen LogP contribution is 2.20. The zero-order valence-corrected chi connectivity index (χ0v) is 15.1. The molecule has 7 nitrogen and oxygen atoms in total. The predicted molar refractivity (Wildman–Crippen MR) is 104 cm³/mol. The summed E-state index contributed by atoms with van der Waals surface area (Å²) in [5, 5.41) is 9.32. The summed E-state index contributed by atoms with van der Waals surface area (Å²) >= 11 is 0. The second-order valence-electron chi connectivity index (χ2n) is 6.34. The first-order valence-corrected chi connectivity index (χ1v) is 8.83. The van der Waals surface area contributed by atoms with Gasteiger partial charge in [-0.2, -0.15) is 0 Å². The largest absolute Gasteiger partial charge is 0.459 e. The number of anilines is 2. The Hall–Kier alpha value is -3.94. The van der Waals surface area contributed by atoms with Crippen LogP contribution in [0.2, 0.25) is 0 Å². The Bertz CT molecular complexity index is 1060. The molecule has 0 bridgehead atoms. The minimum absolute atomic E-state index is 0.204. The van der Waals surface area contributed by atoms with Crippen molar-refractivity contribution in [2.24, 2.45) is 5.16 Å². The number of hydrogen-bond donors (Lipinski definition) is 2. The topological polar surface area (TPSA) is 92.9 Å². The average Bonchev–Trinajstić information content (AvgIpc) is 3.42. The van der Waals surface area contributed by atoms with Crippen LogP contribution in [-0.2, 0) is 9.63 Å². The Morgan fingerprint density at radius 3 is 2.45 bits per heavy atom. The number of hydrogen-bond acceptors (Lipinski definition) is 5. The Kier molecular flexibility index (Phi) is 5.07. The van der Waals surface area contributed by atoms with Gasteiger partial charge in [0.15, 0.2) is 5.76 Å². The van der Waals surface area contributed by atoms with Crippen LogP contribution in [0, 0.1) is 5.82 Å². The number of oxime groups is 1. The number of rotatable bonds is 5. The number of amides is 2. The highest BCUT2D eigenvalue weighted by atomic mass is 19.1. The van der Waals surface area contributed by atoms with Gasteiger partial charge in [0.2, 0.25) is 6.10 Å². The first-order valence-electron chi connectivity index (χ1n) is 8.83. The highest BCUT2D eigenvalue weighted by Gasteiger charge is 2.29. The first-order chi connectivity index (χ1) is 14.1. The number of furan rings is 1. The number of carbonyl (C=O) groups is 2. The molecule has 8 heteroatoms. The smallest absolute Gasteiger partial charge is 0.291 e. The lowest BCUT2D eigenvalue weighted by molar-refractivity contribution is -0.125. The van der Waals surface area contributed by atoms with Crippen LogP contribution in [0.25, 0.3) is 0 Å². The van der Waals surface area contributed by atoms with Crippen LogP contribution >= 0.6 is 0 Å². The summed E-state index contributed by atoms with van der Waals surface area (Å²) in [5.74, 6) is -0.909. The van der Waals surface area contributed by atoms with Crippen LogP contribution in [0.15, 0.2) is 76.5 Å². The van der Waals surface area contributed by atoms with Gasteiger partial charge in [-0.15, -0.1) is 0 Å². The first kappa shape index (κ1) is 18.4. The predicted octanol–water partition coefficient (Wildman–Crippen LogP) is 3.80. The molecule has 0 saturated heterocycles. The normalized spacial score (nSPS) is 15.3. The maximum atomic E-state index is 13.3. The fourth-order valence-electron chi connectivity index (χ4n) is 2.82. The number of nitrogens with zero attached hydrogens (tertiary/aromatic N) is 1. The van der Waals surface area contributed by atoms with Crippen molar-refractivity contribution in [2.45, 2.75) is 12.5 Å². The van der Waals surface area contributed by atoms with E-state index in [0.717, 1.165) is 0 Å². The molecule has 4 rings (SSSR count). The van der Waals surface area contributed by atoms with Crippen LogP contribution in [-0.4, -0.2) is 23.6 Å². The standard InChI is InChI=1S/C21H16FN3O4/c22-14-4-1-3-13(11-14)17-12-19(29-25-17)21(27)24-16-8-6-15(7-9-16)23-20(26)18-5-2-10-28-18/h1-11,19H,12H2,(H,23,26)(H,24,27). The summed E-state index contributed by atoms with van der Waals surface area (Å²) in [6, 6.07) is 15.8. The quantitative estimate of drug-likeness (QED) is 0.690. The van der Waals surface area contributed by atoms with Gasteiger partial charge in [0.05, 0.1) is 12.0 Å². The molecular weight excluding hydrogens is 377 g/mol. The molecule has 2 N–H and O–H groups in total. The Balaban J connectivity index is 1.33. The van der Waals surface area contributed by atoms with Gasteiger partial charge in [0, 0.05) is 23.4 Å². The van der Waals surface area contributed by atoms with E-state index in [-0.39, 0.29) is 29.8 Å². The molecule has 2 aromatic carbocycles. The summed E-state index contributed by atoms with van der Waals surface area (Å²) in [4.78, 5) is 29.6. The van der Waals surface area contributed by atoms with E-state index in [1.54, 1.807) is 48.5 Å². The average molecular weight is 393 g/mol. The number of benzene rings is 2. The number of halogens is 1. The van der Waals surface area contributed by atoms with Gasteiger partial charge in [-0.25, -0.2) is 4.39 Å². The van der Waals surface area contributed by atoms with E-state index in [1.807, 2.05) is 0 Å². The lowest BCUT2D eigenvalue weighted by Gasteiger charge is -2.10. The van der Waals surface area contributed by atoms with Crippen LogP contribution < -0.4 is 10.6 Å². The van der Waals surface area contributed by atoms with Gasteiger partial charge in [0.25, 0.3) is 11.8 Å². The van der Waals surface area contributed by atoms with Crippen LogP contribution in [0.5, 0.6) is 0 Å². The van der Waals surface area contributed by atoms with E-state index >= 15 is 0 Å². The van der Waals surface area contributed by atoms with Crippen LogP contribution in [0.4, 0.5) is 15.8 Å². The lowest BCUT2D eigenvalue weighted by atomic mass is 10.0. The molecule has 1 aliphatic rings. The van der Waals surface area contributed by atoms with Gasteiger partial charge < -0.3 is 19.9 Å². The molecule has 0 radical (unpaired) electrons. The van der Waals surface area contributed by atoms with E-state index in [1.165, 1.54) is 18.4 Å². The van der Waals surface area contributed by atoms with Gasteiger partial charge in [-0.1, -0.05) is 17.3 Å². The zero-order valence-electron chi connectivity index (χ0n) is 15.1. The molecule has 2 heterocycles. The molecule has 1 atom stereocenters. The van der Waals surface area contributed by atoms with E-state index in [2.05, 4.69) is 15.8 Å². The summed E-state index contributed by atoms with van der Waals surface area (Å²) in [6.07, 6.45) is 0.862. The third kappa shape index (κ3) is 4.32. The molecule has 0 saturated carbocycles. The van der Waals surface area contributed by atoms with E-state index in [0.29, 0.717) is 22.6 Å². The Morgan fingerprint density at radius 1 is 1.00 bits per heavy atom. The molecule has 146 valence electrons. The summed E-state index contributed by atoms with van der Waals surface area (Å²) in [6.45, 7) is 0. The van der Waals surface area contributed by atoms with E-state index < -0.39 is 6.10 Å². The summed E-state index contributed by atoms with van der Waals surface area (Å²) in [5.41, 5.74) is 2.18.